The molecular weight excluding hydrogens is 542 g/mol. The van der Waals surface area contributed by atoms with Crippen LogP contribution in [0.15, 0.2) is 72.8 Å². The average Bonchev–Trinajstić information content (AvgIpc) is 3.42. The Balaban J connectivity index is 1.73. The van der Waals surface area contributed by atoms with Crippen LogP contribution in [0, 0.1) is 0 Å². The highest BCUT2D eigenvalue weighted by Crippen LogP contribution is 2.36. The molecule has 2 amide bonds. The number of hydrogen-bond acceptors (Lipinski definition) is 6. The van der Waals surface area contributed by atoms with Crippen LogP contribution in [-0.4, -0.2) is 57.3 Å². The highest BCUT2D eigenvalue weighted by atomic mass is 35.5. The summed E-state index contributed by atoms with van der Waals surface area (Å²) in [5, 5.41) is 3.08. The van der Waals surface area contributed by atoms with Gasteiger partial charge < -0.3 is 19.7 Å². The number of benzene rings is 3. The summed E-state index contributed by atoms with van der Waals surface area (Å²) in [4.78, 5) is 28.6. The molecule has 1 N–H and O–H groups in total. The van der Waals surface area contributed by atoms with Crippen LogP contribution in [0.1, 0.15) is 18.1 Å². The van der Waals surface area contributed by atoms with Crippen LogP contribution in [0.2, 0.25) is 5.02 Å². The van der Waals surface area contributed by atoms with Crippen LogP contribution in [0.5, 0.6) is 11.5 Å². The first-order valence-corrected chi connectivity index (χ1v) is 14.4. The molecule has 0 saturated heterocycles. The highest BCUT2D eigenvalue weighted by molar-refractivity contribution is 7.92. The van der Waals surface area contributed by atoms with Gasteiger partial charge in [-0.25, -0.2) is 8.42 Å². The van der Waals surface area contributed by atoms with Gasteiger partial charge in [0.2, 0.25) is 28.6 Å². The Bertz CT molecular complexity index is 1430. The maximum Gasteiger partial charge on any atom is 0.244 e. The minimum absolute atomic E-state index is 0.00454. The SMILES string of the molecule is CCS(=O)(=O)N(CC(=O)N(Cc1ccccc1Cl)[C@@H](Cc1ccccc1)C(=O)NC)c1ccc2c(c1)OCO2. The van der Waals surface area contributed by atoms with E-state index in [1.807, 2.05) is 30.3 Å². The van der Waals surface area contributed by atoms with E-state index in [9.17, 15) is 18.0 Å². The number of fused-ring (bicyclic) bond motifs is 1. The summed E-state index contributed by atoms with van der Waals surface area (Å²) in [5.41, 5.74) is 1.73. The van der Waals surface area contributed by atoms with Crippen molar-refractivity contribution in [2.45, 2.75) is 25.9 Å². The van der Waals surface area contributed by atoms with Crippen LogP contribution in [0.4, 0.5) is 5.69 Å². The average molecular weight is 572 g/mol. The van der Waals surface area contributed by atoms with Gasteiger partial charge >= 0.3 is 0 Å². The second-order valence-electron chi connectivity index (χ2n) is 8.88. The normalized spacial score (nSPS) is 13.0. The van der Waals surface area contributed by atoms with Crippen molar-refractivity contribution in [1.29, 1.82) is 0 Å². The monoisotopic (exact) mass is 571 g/mol. The van der Waals surface area contributed by atoms with Gasteiger partial charge in [-0.3, -0.25) is 13.9 Å². The summed E-state index contributed by atoms with van der Waals surface area (Å²) < 4.78 is 38.2. The molecule has 0 aromatic heterocycles. The van der Waals surface area contributed by atoms with Gasteiger partial charge in [0.05, 0.1) is 11.4 Å². The Labute approximate surface area is 233 Å². The first kappa shape index (κ1) is 28.3. The summed E-state index contributed by atoms with van der Waals surface area (Å²) in [6.45, 7) is 1.01. The van der Waals surface area contributed by atoms with Crippen molar-refractivity contribution in [2.24, 2.45) is 0 Å². The molecule has 0 fully saturated rings. The summed E-state index contributed by atoms with van der Waals surface area (Å²) in [5.74, 6) is -0.304. The second-order valence-corrected chi connectivity index (χ2v) is 11.5. The molecule has 39 heavy (non-hydrogen) atoms. The minimum atomic E-state index is -3.89. The van der Waals surface area contributed by atoms with E-state index in [4.69, 9.17) is 21.1 Å². The third-order valence-electron chi connectivity index (χ3n) is 6.44. The topological polar surface area (TPSA) is 105 Å². The lowest BCUT2D eigenvalue weighted by atomic mass is 10.0. The number of ether oxygens (including phenoxy) is 2. The number of halogens is 1. The van der Waals surface area contributed by atoms with E-state index in [-0.39, 0.29) is 37.1 Å². The molecule has 0 saturated carbocycles. The second kappa shape index (κ2) is 12.4. The number of sulfonamides is 1. The number of carbonyl (C=O) groups excluding carboxylic acids is 2. The molecule has 206 valence electrons. The highest BCUT2D eigenvalue weighted by Gasteiger charge is 2.34. The summed E-state index contributed by atoms with van der Waals surface area (Å²) >= 11 is 6.43. The number of nitrogens with one attached hydrogen (secondary N) is 1. The molecule has 3 aromatic rings. The van der Waals surface area contributed by atoms with E-state index in [2.05, 4.69) is 5.32 Å². The predicted octanol–water partition coefficient (Wildman–Crippen LogP) is 3.61. The van der Waals surface area contributed by atoms with Crippen molar-refractivity contribution in [2.75, 3.05) is 30.4 Å². The lowest BCUT2D eigenvalue weighted by Crippen LogP contribution is -2.53. The Morgan fingerprint density at radius 3 is 2.38 bits per heavy atom. The first-order chi connectivity index (χ1) is 18.7. The molecule has 1 heterocycles. The summed E-state index contributed by atoms with van der Waals surface area (Å²) in [6, 6.07) is 20.1. The minimum Gasteiger partial charge on any atom is -0.454 e. The van der Waals surface area contributed by atoms with Crippen molar-refractivity contribution in [3.8, 4) is 11.5 Å². The Morgan fingerprint density at radius 1 is 1.00 bits per heavy atom. The predicted molar refractivity (Wildman–Crippen MR) is 149 cm³/mol. The molecule has 0 spiro atoms. The van der Waals surface area contributed by atoms with Gasteiger partial charge in [0.1, 0.15) is 12.6 Å². The van der Waals surface area contributed by atoms with E-state index in [0.29, 0.717) is 22.1 Å². The summed E-state index contributed by atoms with van der Waals surface area (Å²) in [7, 11) is -2.39. The number of anilines is 1. The van der Waals surface area contributed by atoms with E-state index in [0.717, 1.165) is 9.87 Å². The zero-order valence-electron chi connectivity index (χ0n) is 21.7. The third-order valence-corrected chi connectivity index (χ3v) is 8.55. The van der Waals surface area contributed by atoms with Gasteiger partial charge in [0, 0.05) is 31.1 Å². The van der Waals surface area contributed by atoms with Crippen LogP contribution in [0.25, 0.3) is 0 Å². The molecule has 4 rings (SSSR count). The smallest absolute Gasteiger partial charge is 0.244 e. The maximum atomic E-state index is 14.0. The molecule has 1 atom stereocenters. The lowest BCUT2D eigenvalue weighted by Gasteiger charge is -2.33. The fraction of sp³-hybridized carbons (Fsp3) is 0.286. The van der Waals surface area contributed by atoms with E-state index < -0.39 is 28.5 Å². The number of hydrogen-bond donors (Lipinski definition) is 1. The Hall–Kier alpha value is -3.76. The largest absolute Gasteiger partial charge is 0.454 e. The van der Waals surface area contributed by atoms with Crippen LogP contribution in [0.3, 0.4) is 0 Å². The molecule has 0 radical (unpaired) electrons. The quantitative estimate of drug-likeness (QED) is 0.377. The van der Waals surface area contributed by atoms with Gasteiger partial charge in [0.15, 0.2) is 11.5 Å². The van der Waals surface area contributed by atoms with Crippen LogP contribution in [-0.2, 0) is 32.6 Å². The van der Waals surface area contributed by atoms with Gasteiger partial charge in [-0.1, -0.05) is 60.1 Å². The molecule has 9 nitrogen and oxygen atoms in total. The van der Waals surface area contributed by atoms with Gasteiger partial charge in [-0.2, -0.15) is 0 Å². The van der Waals surface area contributed by atoms with Gasteiger partial charge in [0.25, 0.3) is 0 Å². The lowest BCUT2D eigenvalue weighted by molar-refractivity contribution is -0.139. The Kier molecular flexibility index (Phi) is 8.98. The fourth-order valence-electron chi connectivity index (χ4n) is 4.29. The molecule has 0 unspecified atom stereocenters. The molecule has 0 bridgehead atoms. The number of nitrogens with zero attached hydrogens (tertiary/aromatic N) is 2. The molecule has 0 aliphatic carbocycles. The standard InChI is InChI=1S/C28H30ClN3O6S/c1-3-39(35,36)32(22-13-14-25-26(16-22)38-19-37-25)18-27(33)31(17-21-11-7-8-12-23(21)29)24(28(34)30-2)15-20-9-5-4-6-10-20/h4-14,16,24H,3,15,17-19H2,1-2H3,(H,30,34)/t24-/m0/s1. The van der Waals surface area contributed by atoms with Gasteiger partial charge in [-0.05, 0) is 36.2 Å². The molecular formula is C28H30ClN3O6S. The number of carbonyl (C=O) groups is 2. The fourth-order valence-corrected chi connectivity index (χ4v) is 5.54. The van der Waals surface area contributed by atoms with Crippen molar-refractivity contribution >= 4 is 39.1 Å². The third kappa shape index (κ3) is 6.63. The van der Waals surface area contributed by atoms with Crippen LogP contribution < -0.4 is 19.1 Å². The molecule has 1 aliphatic rings. The Morgan fingerprint density at radius 2 is 1.69 bits per heavy atom. The molecule has 1 aliphatic heterocycles. The summed E-state index contributed by atoms with van der Waals surface area (Å²) in [6.07, 6.45) is 0.223. The van der Waals surface area contributed by atoms with Crippen molar-refractivity contribution < 1.29 is 27.5 Å². The van der Waals surface area contributed by atoms with Crippen LogP contribution >= 0.6 is 11.6 Å². The van der Waals surface area contributed by atoms with Crippen molar-refractivity contribution in [1.82, 2.24) is 10.2 Å². The van der Waals surface area contributed by atoms with Crippen molar-refractivity contribution in [3.63, 3.8) is 0 Å². The zero-order chi connectivity index (χ0) is 28.0. The number of amides is 2. The zero-order valence-corrected chi connectivity index (χ0v) is 23.2. The maximum absolute atomic E-state index is 14.0. The number of rotatable bonds is 11. The first-order valence-electron chi connectivity index (χ1n) is 12.4. The van der Waals surface area contributed by atoms with Gasteiger partial charge in [-0.15, -0.1) is 0 Å². The van der Waals surface area contributed by atoms with E-state index in [1.54, 1.807) is 36.4 Å². The molecule has 3 aromatic carbocycles. The van der Waals surface area contributed by atoms with E-state index >= 15 is 0 Å². The number of likely N-dealkylation sites (N-methyl/N-ethyl adjacent to an activating group) is 1. The molecule has 11 heteroatoms. The van der Waals surface area contributed by atoms with Crippen molar-refractivity contribution in [3.05, 3.63) is 88.9 Å². The van der Waals surface area contributed by atoms with E-state index in [1.165, 1.54) is 24.9 Å².